The maximum atomic E-state index is 13.6. The van der Waals surface area contributed by atoms with Gasteiger partial charge in [0.25, 0.3) is 11.8 Å². The van der Waals surface area contributed by atoms with Crippen molar-refractivity contribution in [3.8, 4) is 0 Å². The van der Waals surface area contributed by atoms with Crippen LogP contribution in [-0.4, -0.2) is 46.5 Å². The summed E-state index contributed by atoms with van der Waals surface area (Å²) in [7, 11) is 0. The molecule has 6 rings (SSSR count). The number of hydrogen-bond donors (Lipinski definition) is 0. The highest BCUT2D eigenvalue weighted by Crippen LogP contribution is 2.48. The van der Waals surface area contributed by atoms with Crippen LogP contribution in [0.15, 0.2) is 60.0 Å². The highest BCUT2D eigenvalue weighted by Gasteiger charge is 2.58. The Hall–Kier alpha value is -2.70. The highest BCUT2D eigenvalue weighted by molar-refractivity contribution is 7.17. The third-order valence-corrected chi connectivity index (χ3v) is 7.96. The summed E-state index contributed by atoms with van der Waals surface area (Å²) in [5, 5.41) is 3.34. The first-order valence-electron chi connectivity index (χ1n) is 11.0. The predicted octanol–water partition coefficient (Wildman–Crippen LogP) is 4.60. The van der Waals surface area contributed by atoms with Crippen LogP contribution < -0.4 is 0 Å². The lowest BCUT2D eigenvalue weighted by Crippen LogP contribution is -2.51. The van der Waals surface area contributed by atoms with Gasteiger partial charge in [0.05, 0.1) is 6.04 Å². The number of carbonyl (C=O) groups excluding carboxylic acids is 2. The van der Waals surface area contributed by atoms with Crippen LogP contribution in [0.1, 0.15) is 47.6 Å². The summed E-state index contributed by atoms with van der Waals surface area (Å²) < 4.78 is 7.70. The SMILES string of the molecule is O=C(c1ccccc1)N1CCC2(CC1)O[C@@H]1CC[C@@H](c3ccc4sccc4c3)N1C2=O. The average molecular weight is 433 g/mol. The van der Waals surface area contributed by atoms with Crippen LogP contribution in [0.2, 0.25) is 0 Å². The first-order valence-corrected chi connectivity index (χ1v) is 11.8. The topological polar surface area (TPSA) is 49.9 Å². The maximum Gasteiger partial charge on any atom is 0.257 e. The molecule has 6 heteroatoms. The number of rotatable bonds is 2. The molecule has 3 fully saturated rings. The van der Waals surface area contributed by atoms with Gasteiger partial charge in [0.1, 0.15) is 6.23 Å². The van der Waals surface area contributed by atoms with E-state index in [-0.39, 0.29) is 24.1 Å². The van der Waals surface area contributed by atoms with E-state index in [0.29, 0.717) is 31.5 Å². The van der Waals surface area contributed by atoms with E-state index in [2.05, 4.69) is 29.6 Å². The van der Waals surface area contributed by atoms with Crippen LogP contribution in [0.5, 0.6) is 0 Å². The molecule has 5 nitrogen and oxygen atoms in total. The number of amides is 2. The van der Waals surface area contributed by atoms with E-state index in [1.807, 2.05) is 40.1 Å². The molecule has 0 unspecified atom stereocenters. The first kappa shape index (κ1) is 19.0. The van der Waals surface area contributed by atoms with Crippen molar-refractivity contribution < 1.29 is 14.3 Å². The van der Waals surface area contributed by atoms with Gasteiger partial charge in [-0.25, -0.2) is 0 Å². The van der Waals surface area contributed by atoms with Crippen molar-refractivity contribution in [1.82, 2.24) is 9.80 Å². The van der Waals surface area contributed by atoms with Crippen LogP contribution in [0.25, 0.3) is 10.1 Å². The third kappa shape index (κ3) is 3.00. The van der Waals surface area contributed by atoms with Crippen molar-refractivity contribution in [3.05, 3.63) is 71.1 Å². The minimum atomic E-state index is -0.775. The second-order valence-electron chi connectivity index (χ2n) is 8.75. The lowest BCUT2D eigenvalue weighted by Gasteiger charge is -2.37. The molecule has 2 aromatic carbocycles. The smallest absolute Gasteiger partial charge is 0.257 e. The van der Waals surface area contributed by atoms with E-state index < -0.39 is 5.60 Å². The molecule has 3 aliphatic rings. The Bertz CT molecular complexity index is 1150. The molecule has 0 saturated carbocycles. The second-order valence-corrected chi connectivity index (χ2v) is 9.70. The Morgan fingerprint density at radius 3 is 2.65 bits per heavy atom. The van der Waals surface area contributed by atoms with Gasteiger partial charge in [0, 0.05) is 36.2 Å². The van der Waals surface area contributed by atoms with E-state index in [4.69, 9.17) is 4.74 Å². The summed E-state index contributed by atoms with van der Waals surface area (Å²) >= 11 is 1.74. The van der Waals surface area contributed by atoms with E-state index in [0.717, 1.165) is 12.8 Å². The molecule has 1 aromatic heterocycles. The van der Waals surface area contributed by atoms with Crippen LogP contribution in [-0.2, 0) is 9.53 Å². The molecule has 2 atom stereocenters. The van der Waals surface area contributed by atoms with E-state index in [9.17, 15) is 9.59 Å². The molecule has 0 aliphatic carbocycles. The normalized spacial score (nSPS) is 24.8. The van der Waals surface area contributed by atoms with Crippen LogP contribution in [0.4, 0.5) is 0 Å². The lowest BCUT2D eigenvalue weighted by molar-refractivity contribution is -0.142. The minimum Gasteiger partial charge on any atom is -0.342 e. The Morgan fingerprint density at radius 2 is 1.84 bits per heavy atom. The van der Waals surface area contributed by atoms with Crippen molar-refractivity contribution in [3.63, 3.8) is 0 Å². The highest BCUT2D eigenvalue weighted by atomic mass is 32.1. The summed E-state index contributed by atoms with van der Waals surface area (Å²) in [6.07, 6.45) is 2.78. The Morgan fingerprint density at radius 1 is 1.03 bits per heavy atom. The minimum absolute atomic E-state index is 0.0309. The molecule has 0 bridgehead atoms. The van der Waals surface area contributed by atoms with Gasteiger partial charge in [-0.3, -0.25) is 9.59 Å². The summed E-state index contributed by atoms with van der Waals surface area (Å²) in [5.74, 6) is 0.139. The summed E-state index contributed by atoms with van der Waals surface area (Å²) in [4.78, 5) is 30.2. The van der Waals surface area contributed by atoms with Gasteiger partial charge in [0.2, 0.25) is 0 Å². The zero-order chi connectivity index (χ0) is 21.0. The van der Waals surface area contributed by atoms with E-state index in [1.54, 1.807) is 11.3 Å². The van der Waals surface area contributed by atoms with Gasteiger partial charge in [-0.05, 0) is 59.5 Å². The van der Waals surface area contributed by atoms with Gasteiger partial charge in [-0.1, -0.05) is 24.3 Å². The molecule has 4 heterocycles. The summed E-state index contributed by atoms with van der Waals surface area (Å²) in [6.45, 7) is 1.09. The molecule has 0 N–H and O–H groups in total. The Labute approximate surface area is 185 Å². The number of thiophene rings is 1. The zero-order valence-electron chi connectivity index (χ0n) is 17.2. The maximum absolute atomic E-state index is 13.6. The van der Waals surface area contributed by atoms with Crippen molar-refractivity contribution in [2.75, 3.05) is 13.1 Å². The Kier molecular flexibility index (Phi) is 4.40. The fraction of sp³-hybridized carbons (Fsp3) is 0.360. The number of piperidine rings is 1. The third-order valence-electron chi connectivity index (χ3n) is 7.06. The number of hydrogen-bond acceptors (Lipinski definition) is 4. The first-order chi connectivity index (χ1) is 15.1. The zero-order valence-corrected chi connectivity index (χ0v) is 18.0. The standard InChI is InChI=1S/C25H24N2O3S/c28-23(17-4-2-1-3-5-17)26-13-11-25(12-14-26)24(29)27-20(7-9-22(27)30-25)18-6-8-21-19(16-18)10-15-31-21/h1-6,8,10,15-16,20,22H,7,9,11-14H2/t20-,22+/m0/s1. The fourth-order valence-electron chi connectivity index (χ4n) is 5.40. The predicted molar refractivity (Wildman–Crippen MR) is 120 cm³/mol. The van der Waals surface area contributed by atoms with Crippen molar-refractivity contribution in [2.45, 2.75) is 43.6 Å². The summed E-state index contributed by atoms with van der Waals surface area (Å²) in [5.41, 5.74) is 1.12. The molecule has 3 saturated heterocycles. The molecule has 158 valence electrons. The average Bonchev–Trinajstić information content (AvgIpc) is 3.50. The number of benzene rings is 2. The summed E-state index contributed by atoms with van der Waals surface area (Å²) in [6, 6.07) is 18.1. The van der Waals surface area contributed by atoms with E-state index >= 15 is 0 Å². The van der Waals surface area contributed by atoms with E-state index in [1.165, 1.54) is 15.6 Å². The molecule has 3 aliphatic heterocycles. The number of fused-ring (bicyclic) bond motifs is 2. The molecular weight excluding hydrogens is 408 g/mol. The van der Waals surface area contributed by atoms with Gasteiger partial charge >= 0.3 is 0 Å². The quantitative estimate of drug-likeness (QED) is 0.595. The largest absolute Gasteiger partial charge is 0.342 e. The lowest BCUT2D eigenvalue weighted by atomic mass is 9.89. The number of carbonyl (C=O) groups is 2. The van der Waals surface area contributed by atoms with Crippen molar-refractivity contribution in [1.29, 1.82) is 0 Å². The molecule has 31 heavy (non-hydrogen) atoms. The van der Waals surface area contributed by atoms with Gasteiger partial charge in [-0.15, -0.1) is 11.3 Å². The van der Waals surface area contributed by atoms with Gasteiger partial charge < -0.3 is 14.5 Å². The van der Waals surface area contributed by atoms with Crippen LogP contribution in [0, 0.1) is 0 Å². The van der Waals surface area contributed by atoms with Crippen LogP contribution in [0.3, 0.4) is 0 Å². The monoisotopic (exact) mass is 432 g/mol. The molecule has 0 radical (unpaired) electrons. The van der Waals surface area contributed by atoms with Gasteiger partial charge in [0.15, 0.2) is 5.60 Å². The Balaban J connectivity index is 1.20. The van der Waals surface area contributed by atoms with Crippen LogP contribution >= 0.6 is 11.3 Å². The number of nitrogens with zero attached hydrogens (tertiary/aromatic N) is 2. The number of ether oxygens (including phenoxy) is 1. The van der Waals surface area contributed by atoms with Crippen molar-refractivity contribution >= 4 is 33.2 Å². The van der Waals surface area contributed by atoms with Crippen molar-refractivity contribution in [2.24, 2.45) is 0 Å². The second kappa shape index (κ2) is 7.18. The number of likely N-dealkylation sites (tertiary alicyclic amines) is 1. The van der Waals surface area contributed by atoms with Gasteiger partial charge in [-0.2, -0.15) is 0 Å². The molecular formula is C25H24N2O3S. The fourth-order valence-corrected chi connectivity index (χ4v) is 6.17. The molecule has 3 aromatic rings. The molecule has 2 amide bonds. The molecule has 1 spiro atoms.